The van der Waals surface area contributed by atoms with Crippen LogP contribution in [0.1, 0.15) is 18.4 Å². The summed E-state index contributed by atoms with van der Waals surface area (Å²) in [6, 6.07) is 7.09. The predicted octanol–water partition coefficient (Wildman–Crippen LogP) is 3.34. The number of halogens is 2. The van der Waals surface area contributed by atoms with E-state index in [1.165, 1.54) is 10.4 Å². The van der Waals surface area contributed by atoms with Gasteiger partial charge in [-0.2, -0.15) is 14.8 Å². The lowest BCUT2D eigenvalue weighted by molar-refractivity contribution is 0.424. The van der Waals surface area contributed by atoms with Gasteiger partial charge in [0.15, 0.2) is 0 Å². The van der Waals surface area contributed by atoms with Gasteiger partial charge in [0.25, 0.3) is 0 Å². The van der Waals surface area contributed by atoms with Gasteiger partial charge >= 0.3 is 0 Å². The van der Waals surface area contributed by atoms with Gasteiger partial charge in [-0.25, -0.2) is 8.42 Å². The Morgan fingerprint density at radius 1 is 1.10 bits per heavy atom. The lowest BCUT2D eigenvalue weighted by Crippen LogP contribution is -2.33. The molecule has 0 spiro atoms. The first-order valence-corrected chi connectivity index (χ1v) is 9.07. The largest absolute Gasteiger partial charge is 0.244 e. The molecule has 0 N–H and O–H groups in total. The van der Waals surface area contributed by atoms with Crippen molar-refractivity contribution in [2.24, 2.45) is 0 Å². The smallest absolute Gasteiger partial charge is 0.207 e. The predicted molar refractivity (Wildman–Crippen MR) is 85.8 cm³/mol. The molecule has 0 saturated carbocycles. The Morgan fingerprint density at radius 2 is 1.62 bits per heavy atom. The molecule has 8 heteroatoms. The molecule has 0 fully saturated rings. The van der Waals surface area contributed by atoms with E-state index in [-0.39, 0.29) is 30.8 Å². The number of hydrogen-bond acceptors (Lipinski definition) is 4. The summed E-state index contributed by atoms with van der Waals surface area (Å²) in [5.41, 5.74) is 0.904. The van der Waals surface area contributed by atoms with Gasteiger partial charge in [-0.3, -0.25) is 0 Å². The van der Waals surface area contributed by atoms with Crippen LogP contribution in [0.2, 0.25) is 0 Å². The van der Waals surface area contributed by atoms with E-state index < -0.39 is 10.0 Å². The summed E-state index contributed by atoms with van der Waals surface area (Å²) >= 11 is 6.58. The summed E-state index contributed by atoms with van der Waals surface area (Å²) in [7, 11) is -3.76. The maximum absolute atomic E-state index is 12.7. The van der Waals surface area contributed by atoms with Crippen LogP contribution in [0.4, 0.5) is 0 Å². The number of rotatable bonds is 6. The summed E-state index contributed by atoms with van der Waals surface area (Å²) in [4.78, 5) is 0.121. The summed E-state index contributed by atoms with van der Waals surface area (Å²) < 4.78 is 27.7. The summed E-state index contributed by atoms with van der Waals surface area (Å²) in [5, 5.41) is 17.3. The Kier molecular flexibility index (Phi) is 6.82. The van der Waals surface area contributed by atoms with E-state index >= 15 is 0 Å². The van der Waals surface area contributed by atoms with Gasteiger partial charge < -0.3 is 0 Å². The van der Waals surface area contributed by atoms with E-state index in [1.54, 1.807) is 6.07 Å². The highest BCUT2D eigenvalue weighted by atomic mass is 79.9. The highest BCUT2D eigenvalue weighted by Gasteiger charge is 2.26. The molecule has 0 saturated heterocycles. The molecule has 5 nitrogen and oxygen atoms in total. The SMILES string of the molecule is Cc1cc(Br)c(S(=O)(=O)N(CCC#N)CCC#N)cc1Br. The lowest BCUT2D eigenvalue weighted by atomic mass is 10.2. The number of aryl methyl sites for hydroxylation is 1. The summed E-state index contributed by atoms with van der Waals surface area (Å²) in [6.07, 6.45) is 0.157. The maximum Gasteiger partial charge on any atom is 0.244 e. The zero-order chi connectivity index (χ0) is 16.0. The van der Waals surface area contributed by atoms with Gasteiger partial charge in [0, 0.05) is 34.9 Å². The van der Waals surface area contributed by atoms with Crippen molar-refractivity contribution in [2.45, 2.75) is 24.7 Å². The van der Waals surface area contributed by atoms with Gasteiger partial charge in [-0.05, 0) is 40.5 Å². The van der Waals surface area contributed by atoms with Crippen LogP contribution in [0.3, 0.4) is 0 Å². The Morgan fingerprint density at radius 3 is 2.10 bits per heavy atom. The first-order chi connectivity index (χ1) is 9.84. The van der Waals surface area contributed by atoms with Crippen molar-refractivity contribution in [2.75, 3.05) is 13.1 Å². The van der Waals surface area contributed by atoms with Crippen molar-refractivity contribution in [1.29, 1.82) is 10.5 Å². The monoisotopic (exact) mass is 433 g/mol. The molecular weight excluding hydrogens is 422 g/mol. The van der Waals surface area contributed by atoms with Crippen LogP contribution in [0, 0.1) is 29.6 Å². The Balaban J connectivity index is 3.25. The second-order valence-electron chi connectivity index (χ2n) is 4.25. The number of nitrogens with zero attached hydrogens (tertiary/aromatic N) is 3. The maximum atomic E-state index is 12.7. The average Bonchev–Trinajstić information content (AvgIpc) is 2.42. The van der Waals surface area contributed by atoms with Crippen molar-refractivity contribution >= 4 is 41.9 Å². The molecule has 0 aliphatic rings. The molecule has 1 rings (SSSR count). The zero-order valence-corrected chi connectivity index (χ0v) is 15.3. The zero-order valence-electron chi connectivity index (χ0n) is 11.3. The minimum atomic E-state index is -3.76. The van der Waals surface area contributed by atoms with E-state index in [1.807, 2.05) is 19.1 Å². The van der Waals surface area contributed by atoms with Crippen molar-refractivity contribution in [3.8, 4) is 12.1 Å². The lowest BCUT2D eigenvalue weighted by Gasteiger charge is -2.21. The second kappa shape index (κ2) is 7.90. The summed E-state index contributed by atoms with van der Waals surface area (Å²) in [5.74, 6) is 0. The van der Waals surface area contributed by atoms with Crippen LogP contribution >= 0.6 is 31.9 Å². The molecule has 0 radical (unpaired) electrons. The molecule has 0 aliphatic carbocycles. The molecule has 0 heterocycles. The fraction of sp³-hybridized carbons (Fsp3) is 0.385. The van der Waals surface area contributed by atoms with Gasteiger partial charge in [0.1, 0.15) is 0 Å². The third-order valence-corrected chi connectivity index (χ3v) is 6.49. The van der Waals surface area contributed by atoms with Crippen molar-refractivity contribution in [1.82, 2.24) is 4.31 Å². The standard InChI is InChI=1S/C13H13Br2N3O2S/c1-10-8-12(15)13(9-11(10)14)21(19,20)18(6-2-4-16)7-3-5-17/h8-9H,2-3,6-7H2,1H3. The Bertz CT molecular complexity index is 687. The van der Waals surface area contributed by atoms with Crippen molar-refractivity contribution in [3.05, 3.63) is 26.6 Å². The average molecular weight is 435 g/mol. The minimum Gasteiger partial charge on any atom is -0.207 e. The van der Waals surface area contributed by atoms with Crippen molar-refractivity contribution in [3.63, 3.8) is 0 Å². The minimum absolute atomic E-state index is 0.0679. The van der Waals surface area contributed by atoms with Gasteiger partial charge in [0.05, 0.1) is 17.0 Å². The van der Waals surface area contributed by atoms with Crippen LogP contribution < -0.4 is 0 Å². The van der Waals surface area contributed by atoms with Gasteiger partial charge in [0.2, 0.25) is 10.0 Å². The number of hydrogen-bond donors (Lipinski definition) is 0. The van der Waals surface area contributed by atoms with E-state index in [0.717, 1.165) is 5.56 Å². The number of nitriles is 2. The van der Waals surface area contributed by atoms with Crippen molar-refractivity contribution < 1.29 is 8.42 Å². The number of sulfonamides is 1. The molecule has 112 valence electrons. The third kappa shape index (κ3) is 4.52. The first-order valence-electron chi connectivity index (χ1n) is 6.04. The van der Waals surface area contributed by atoms with E-state index in [2.05, 4.69) is 31.9 Å². The molecular formula is C13H13Br2N3O2S. The van der Waals surface area contributed by atoms with E-state index in [0.29, 0.717) is 8.95 Å². The van der Waals surface area contributed by atoms with E-state index in [9.17, 15) is 8.42 Å². The summed E-state index contributed by atoms with van der Waals surface area (Å²) in [6.45, 7) is 1.99. The molecule has 0 amide bonds. The fourth-order valence-corrected chi connectivity index (χ4v) is 4.75. The number of benzene rings is 1. The van der Waals surface area contributed by atoms with Crippen LogP contribution in [-0.4, -0.2) is 25.8 Å². The highest BCUT2D eigenvalue weighted by Crippen LogP contribution is 2.31. The molecule has 0 unspecified atom stereocenters. The van der Waals surface area contributed by atoms with Crippen LogP contribution in [0.25, 0.3) is 0 Å². The first kappa shape index (κ1) is 18.1. The molecule has 1 aromatic rings. The Hall–Kier alpha value is -0.930. The second-order valence-corrected chi connectivity index (χ2v) is 7.87. The third-order valence-electron chi connectivity index (χ3n) is 2.78. The quantitative estimate of drug-likeness (QED) is 0.687. The van der Waals surface area contributed by atoms with E-state index in [4.69, 9.17) is 10.5 Å². The molecule has 0 bridgehead atoms. The molecule has 0 aromatic heterocycles. The fourth-order valence-electron chi connectivity index (χ4n) is 1.67. The highest BCUT2D eigenvalue weighted by molar-refractivity contribution is 9.11. The molecule has 0 atom stereocenters. The van der Waals surface area contributed by atoms with Crippen LogP contribution in [0.5, 0.6) is 0 Å². The Labute approximate surface area is 141 Å². The van der Waals surface area contributed by atoms with Gasteiger partial charge in [-0.1, -0.05) is 15.9 Å². The topological polar surface area (TPSA) is 85.0 Å². The van der Waals surface area contributed by atoms with Gasteiger partial charge in [-0.15, -0.1) is 0 Å². The van der Waals surface area contributed by atoms with Crippen LogP contribution in [-0.2, 0) is 10.0 Å². The molecule has 21 heavy (non-hydrogen) atoms. The molecule has 1 aromatic carbocycles. The van der Waals surface area contributed by atoms with Crippen LogP contribution in [0.15, 0.2) is 26.0 Å². The normalized spacial score (nSPS) is 11.1. The molecule has 0 aliphatic heterocycles.